The Kier molecular flexibility index (Phi) is 5.85. The minimum Gasteiger partial charge on any atom is -0.387 e. The first-order valence-corrected chi connectivity index (χ1v) is 15.3. The lowest BCUT2D eigenvalue weighted by Gasteiger charge is -2.15. The minimum absolute atomic E-state index is 0.817. The van der Waals surface area contributed by atoms with Crippen LogP contribution in [0.2, 0.25) is 0 Å². The summed E-state index contributed by atoms with van der Waals surface area (Å²) in [5, 5.41) is 9.67. The van der Waals surface area contributed by atoms with Crippen LogP contribution in [0, 0.1) is 0 Å². The lowest BCUT2D eigenvalue weighted by Crippen LogP contribution is -2.10. The topological polar surface area (TPSA) is 42.7 Å². The smallest absolute Gasteiger partial charge is 0.0899 e. The third-order valence-electron chi connectivity index (χ3n) is 8.89. The maximum Gasteiger partial charge on any atom is 0.0899 e. The molecule has 1 aliphatic rings. The van der Waals surface area contributed by atoms with Crippen molar-refractivity contribution in [2.45, 2.75) is 6.54 Å². The fourth-order valence-corrected chi connectivity index (χ4v) is 6.75. The molecule has 0 amide bonds. The number of hydrogen-bond donors (Lipinski definition) is 1. The molecule has 0 spiro atoms. The lowest BCUT2D eigenvalue weighted by atomic mass is 9.96. The van der Waals surface area contributed by atoms with Crippen molar-refractivity contribution in [2.24, 2.45) is 0 Å². The van der Waals surface area contributed by atoms with E-state index in [9.17, 15) is 0 Å². The van der Waals surface area contributed by atoms with Crippen molar-refractivity contribution in [1.29, 1.82) is 0 Å². The van der Waals surface area contributed by atoms with Crippen LogP contribution in [0.15, 0.2) is 146 Å². The Labute approximate surface area is 261 Å². The summed E-state index contributed by atoms with van der Waals surface area (Å²) in [7, 11) is 0. The first kappa shape index (κ1) is 25.5. The molecule has 0 saturated heterocycles. The van der Waals surface area contributed by atoms with Gasteiger partial charge in [-0.15, -0.1) is 0 Å². The molecule has 0 saturated carbocycles. The van der Waals surface area contributed by atoms with Gasteiger partial charge in [0.25, 0.3) is 0 Å². The van der Waals surface area contributed by atoms with E-state index in [2.05, 4.69) is 136 Å². The van der Waals surface area contributed by atoms with Crippen molar-refractivity contribution in [3.8, 4) is 39.5 Å². The van der Waals surface area contributed by atoms with E-state index in [1.165, 1.54) is 43.7 Å². The largest absolute Gasteiger partial charge is 0.387 e. The fourth-order valence-electron chi connectivity index (χ4n) is 6.75. The highest BCUT2D eigenvalue weighted by atomic mass is 15.0. The van der Waals surface area contributed by atoms with Crippen molar-refractivity contribution in [2.75, 3.05) is 0 Å². The number of nitrogens with zero attached hydrogens (tertiary/aromatic N) is 3. The normalized spacial score (nSPS) is 12.4. The molecule has 0 bridgehead atoms. The van der Waals surface area contributed by atoms with Crippen molar-refractivity contribution < 1.29 is 0 Å². The first-order valence-electron chi connectivity index (χ1n) is 15.3. The summed E-state index contributed by atoms with van der Waals surface area (Å²) in [5.41, 5.74) is 10.8. The summed E-state index contributed by atoms with van der Waals surface area (Å²) in [5.74, 6) is 0. The predicted octanol–water partition coefficient (Wildman–Crippen LogP) is 9.80. The van der Waals surface area contributed by atoms with Gasteiger partial charge in [0, 0.05) is 34.9 Å². The molecule has 9 rings (SSSR count). The number of benzene rings is 5. The summed E-state index contributed by atoms with van der Waals surface area (Å²) in [6.45, 7) is 0.817. The van der Waals surface area contributed by atoms with Crippen molar-refractivity contribution in [1.82, 2.24) is 19.9 Å². The Bertz CT molecular complexity index is 2440. The van der Waals surface area contributed by atoms with E-state index < -0.39 is 0 Å². The maximum absolute atomic E-state index is 5.18. The molecule has 212 valence electrons. The van der Waals surface area contributed by atoms with Crippen molar-refractivity contribution in [3.63, 3.8) is 0 Å². The standard InChI is InChI=1S/C41H28N4/c1-2-11-33-27(8-1)15-16-29-22-28(17-18-34(29)33)31-24-38(44-39(25-31)37-13-5-6-20-43-37)30-9-7-10-32(23-30)45-40-14-4-3-12-35(40)36-26-42-21-19-41(36)45/h1-25,42H,26H2. The molecule has 0 radical (unpaired) electrons. The molecule has 1 N–H and O–H groups in total. The van der Waals surface area contributed by atoms with Gasteiger partial charge in [-0.1, -0.05) is 84.9 Å². The Balaban J connectivity index is 1.22. The molecule has 0 unspecified atom stereocenters. The Morgan fingerprint density at radius 3 is 2.31 bits per heavy atom. The average Bonchev–Trinajstić information content (AvgIpc) is 3.46. The van der Waals surface area contributed by atoms with E-state index in [4.69, 9.17) is 4.98 Å². The fraction of sp³-hybridized carbons (Fsp3) is 0.0244. The van der Waals surface area contributed by atoms with Crippen LogP contribution in [-0.2, 0) is 6.54 Å². The molecule has 4 nitrogen and oxygen atoms in total. The summed E-state index contributed by atoms with van der Waals surface area (Å²) >= 11 is 0. The SMILES string of the molecule is C1=Cc2c(c3ccccc3n2-c2cccc(-c3cc(-c4ccc5c(ccc6ccccc65)c4)cc(-c4ccccn4)n3)c2)CN1. The number of aromatic nitrogens is 3. The molecule has 5 aromatic carbocycles. The van der Waals surface area contributed by atoms with Crippen LogP contribution in [-0.4, -0.2) is 14.5 Å². The number of pyridine rings is 2. The van der Waals surface area contributed by atoms with Gasteiger partial charge in [-0.2, -0.15) is 0 Å². The van der Waals surface area contributed by atoms with E-state index in [0.717, 1.165) is 46.0 Å². The highest BCUT2D eigenvalue weighted by Gasteiger charge is 2.19. The first-order chi connectivity index (χ1) is 22.3. The molecular formula is C41H28N4. The molecule has 0 fully saturated rings. The summed E-state index contributed by atoms with van der Waals surface area (Å²) in [4.78, 5) is 9.84. The van der Waals surface area contributed by atoms with Crippen LogP contribution in [0.3, 0.4) is 0 Å². The second-order valence-electron chi connectivity index (χ2n) is 11.5. The zero-order chi connectivity index (χ0) is 29.7. The summed E-state index contributed by atoms with van der Waals surface area (Å²) in [6, 6.07) is 47.5. The van der Waals surface area contributed by atoms with Gasteiger partial charge in [0.2, 0.25) is 0 Å². The molecule has 0 aliphatic carbocycles. The summed E-state index contributed by atoms with van der Waals surface area (Å²) < 4.78 is 2.36. The Morgan fingerprint density at radius 2 is 1.38 bits per heavy atom. The van der Waals surface area contributed by atoms with Gasteiger partial charge in [0.05, 0.1) is 28.3 Å². The van der Waals surface area contributed by atoms with Gasteiger partial charge >= 0.3 is 0 Å². The zero-order valence-corrected chi connectivity index (χ0v) is 24.5. The predicted molar refractivity (Wildman–Crippen MR) is 186 cm³/mol. The molecule has 4 heteroatoms. The van der Waals surface area contributed by atoms with Gasteiger partial charge in [-0.05, 0) is 93.5 Å². The molecule has 3 aromatic heterocycles. The summed E-state index contributed by atoms with van der Waals surface area (Å²) in [6.07, 6.45) is 6.04. The van der Waals surface area contributed by atoms with Crippen LogP contribution in [0.1, 0.15) is 11.3 Å². The van der Waals surface area contributed by atoms with Gasteiger partial charge < -0.3 is 9.88 Å². The second kappa shape index (κ2) is 10.3. The van der Waals surface area contributed by atoms with E-state index >= 15 is 0 Å². The van der Waals surface area contributed by atoms with Crippen molar-refractivity contribution in [3.05, 3.63) is 157 Å². The van der Waals surface area contributed by atoms with Crippen molar-refractivity contribution >= 4 is 38.5 Å². The van der Waals surface area contributed by atoms with Gasteiger partial charge in [-0.25, -0.2) is 4.98 Å². The average molecular weight is 577 g/mol. The van der Waals surface area contributed by atoms with Crippen LogP contribution in [0.25, 0.3) is 78.0 Å². The van der Waals surface area contributed by atoms with Gasteiger partial charge in [0.1, 0.15) is 0 Å². The third-order valence-corrected chi connectivity index (χ3v) is 8.89. The molecule has 8 aromatic rings. The van der Waals surface area contributed by atoms with Crippen LogP contribution < -0.4 is 5.32 Å². The lowest BCUT2D eigenvalue weighted by molar-refractivity contribution is 0.855. The maximum atomic E-state index is 5.18. The molecule has 0 atom stereocenters. The number of rotatable bonds is 4. The molecular weight excluding hydrogens is 548 g/mol. The number of para-hydroxylation sites is 1. The van der Waals surface area contributed by atoms with E-state index in [-0.39, 0.29) is 0 Å². The molecule has 1 aliphatic heterocycles. The van der Waals surface area contributed by atoms with E-state index in [1.807, 2.05) is 30.6 Å². The Morgan fingerprint density at radius 1 is 0.556 bits per heavy atom. The second-order valence-corrected chi connectivity index (χ2v) is 11.5. The number of fused-ring (bicyclic) bond motifs is 6. The van der Waals surface area contributed by atoms with Crippen LogP contribution in [0.5, 0.6) is 0 Å². The number of nitrogens with one attached hydrogen (secondary N) is 1. The minimum atomic E-state index is 0.817. The monoisotopic (exact) mass is 576 g/mol. The van der Waals surface area contributed by atoms with E-state index in [1.54, 1.807) is 0 Å². The zero-order valence-electron chi connectivity index (χ0n) is 24.5. The molecule has 45 heavy (non-hydrogen) atoms. The van der Waals surface area contributed by atoms with Gasteiger partial charge in [0.15, 0.2) is 0 Å². The number of hydrogen-bond acceptors (Lipinski definition) is 3. The highest BCUT2D eigenvalue weighted by Crippen LogP contribution is 2.36. The van der Waals surface area contributed by atoms with Crippen LogP contribution >= 0.6 is 0 Å². The van der Waals surface area contributed by atoms with Crippen LogP contribution in [0.4, 0.5) is 0 Å². The highest BCUT2D eigenvalue weighted by molar-refractivity contribution is 6.08. The Hall–Kier alpha value is -6.00. The third kappa shape index (κ3) is 4.30. The quantitative estimate of drug-likeness (QED) is 0.212. The molecule has 4 heterocycles. The van der Waals surface area contributed by atoms with Gasteiger partial charge in [-0.3, -0.25) is 4.98 Å². The van der Waals surface area contributed by atoms with E-state index in [0.29, 0.717) is 0 Å².